The van der Waals surface area contributed by atoms with Gasteiger partial charge in [-0.25, -0.2) is 4.79 Å². The summed E-state index contributed by atoms with van der Waals surface area (Å²) in [5.74, 6) is -2.76. The van der Waals surface area contributed by atoms with Crippen LogP contribution in [0.1, 0.15) is 50.3 Å². The summed E-state index contributed by atoms with van der Waals surface area (Å²) in [6.07, 6.45) is 3.20. The molecule has 1 aromatic carbocycles. The van der Waals surface area contributed by atoms with Crippen LogP contribution in [0.4, 0.5) is 5.69 Å². The number of piperidine rings is 1. The van der Waals surface area contributed by atoms with E-state index in [-0.39, 0.29) is 43.5 Å². The van der Waals surface area contributed by atoms with Gasteiger partial charge in [-0.15, -0.1) is 0 Å². The zero-order valence-corrected chi connectivity index (χ0v) is 17.0. The van der Waals surface area contributed by atoms with E-state index >= 15 is 0 Å². The van der Waals surface area contributed by atoms with Crippen molar-refractivity contribution in [3.63, 3.8) is 0 Å². The van der Waals surface area contributed by atoms with E-state index in [1.807, 2.05) is 0 Å². The molecule has 10 heteroatoms. The normalized spacial score (nSPS) is 18.2. The van der Waals surface area contributed by atoms with E-state index in [2.05, 4.69) is 4.98 Å². The number of benzene rings is 1. The number of likely N-dealkylation sites (tertiary alicyclic amines) is 1. The predicted octanol–water partition coefficient (Wildman–Crippen LogP) is 1.02. The number of nitrogen functional groups attached to an aromatic ring is 1. The number of pyridine rings is 1. The molecule has 0 spiro atoms. The topological polar surface area (TPSA) is 140 Å². The average molecular weight is 436 g/mol. The van der Waals surface area contributed by atoms with Crippen molar-refractivity contribution in [2.45, 2.75) is 25.3 Å². The highest BCUT2D eigenvalue weighted by Crippen LogP contribution is 2.30. The second-order valence-corrected chi connectivity index (χ2v) is 7.45. The summed E-state index contributed by atoms with van der Waals surface area (Å²) in [6.45, 7) is -0.00759. The molecule has 0 bridgehead atoms. The van der Waals surface area contributed by atoms with Crippen LogP contribution in [-0.4, -0.2) is 63.6 Å². The Morgan fingerprint density at radius 3 is 2.66 bits per heavy atom. The van der Waals surface area contributed by atoms with Gasteiger partial charge in [0.25, 0.3) is 17.7 Å². The minimum Gasteiger partial charge on any atom is -0.462 e. The van der Waals surface area contributed by atoms with Crippen LogP contribution < -0.4 is 5.73 Å². The quantitative estimate of drug-likeness (QED) is 0.306. The Morgan fingerprint density at radius 2 is 1.91 bits per heavy atom. The van der Waals surface area contributed by atoms with Crippen LogP contribution in [0.2, 0.25) is 0 Å². The molecule has 2 aliphatic rings. The second-order valence-electron chi connectivity index (χ2n) is 7.45. The third-order valence-electron chi connectivity index (χ3n) is 5.39. The van der Waals surface area contributed by atoms with Gasteiger partial charge >= 0.3 is 5.97 Å². The van der Waals surface area contributed by atoms with E-state index in [1.165, 1.54) is 30.6 Å². The Hall–Kier alpha value is -4.08. The third kappa shape index (κ3) is 3.82. The zero-order valence-electron chi connectivity index (χ0n) is 17.0. The van der Waals surface area contributed by atoms with Gasteiger partial charge in [0.2, 0.25) is 5.91 Å². The number of hydrogen-bond acceptors (Lipinski definition) is 8. The average Bonchev–Trinajstić information content (AvgIpc) is 3.03. The lowest BCUT2D eigenvalue weighted by molar-refractivity contribution is -0.151. The van der Waals surface area contributed by atoms with E-state index in [4.69, 9.17) is 10.5 Å². The first-order valence-electron chi connectivity index (χ1n) is 10.1. The maximum absolute atomic E-state index is 13.0. The van der Waals surface area contributed by atoms with Gasteiger partial charge in [-0.2, -0.15) is 0 Å². The number of amides is 4. The molecule has 1 saturated heterocycles. The highest BCUT2D eigenvalue weighted by Gasteiger charge is 2.46. The molecule has 32 heavy (non-hydrogen) atoms. The van der Waals surface area contributed by atoms with Crippen LogP contribution in [0.15, 0.2) is 42.7 Å². The molecule has 4 amide bonds. The van der Waals surface area contributed by atoms with Gasteiger partial charge < -0.3 is 10.5 Å². The van der Waals surface area contributed by atoms with E-state index in [0.29, 0.717) is 11.3 Å². The molecule has 1 unspecified atom stereocenters. The monoisotopic (exact) mass is 436 g/mol. The number of rotatable bonds is 6. The molecule has 0 radical (unpaired) electrons. The largest absolute Gasteiger partial charge is 0.462 e. The Balaban J connectivity index is 1.39. The molecular weight excluding hydrogens is 416 g/mol. The van der Waals surface area contributed by atoms with Gasteiger partial charge in [0, 0.05) is 31.0 Å². The number of anilines is 1. The Bertz CT molecular complexity index is 1120. The Kier molecular flexibility index (Phi) is 5.67. The number of ether oxygens (including phenoxy) is 1. The van der Waals surface area contributed by atoms with Crippen molar-refractivity contribution in [2.24, 2.45) is 0 Å². The van der Waals surface area contributed by atoms with Crippen LogP contribution in [-0.2, 0) is 14.3 Å². The molecule has 1 aromatic heterocycles. The molecular formula is C22H20N4O6. The SMILES string of the molecule is Nc1ccc2c(c1)C(=O)N(C1CCC(=O)N(CCCOC(=O)c3cccnc3)C1=O)C2=O. The van der Waals surface area contributed by atoms with Crippen molar-refractivity contribution < 1.29 is 28.7 Å². The van der Waals surface area contributed by atoms with E-state index in [9.17, 15) is 24.0 Å². The summed E-state index contributed by atoms with van der Waals surface area (Å²) < 4.78 is 5.15. The summed E-state index contributed by atoms with van der Waals surface area (Å²) in [7, 11) is 0. The molecule has 0 saturated carbocycles. The number of esters is 1. The van der Waals surface area contributed by atoms with Crippen molar-refractivity contribution in [3.05, 3.63) is 59.4 Å². The van der Waals surface area contributed by atoms with Crippen LogP contribution >= 0.6 is 0 Å². The first-order chi connectivity index (χ1) is 15.4. The molecule has 1 fully saturated rings. The van der Waals surface area contributed by atoms with Gasteiger partial charge in [0.1, 0.15) is 6.04 Å². The number of nitrogens with zero attached hydrogens (tertiary/aromatic N) is 3. The standard InChI is InChI=1S/C22H20N4O6/c23-14-4-5-15-16(11-14)20(29)26(19(15)28)17-6-7-18(27)25(21(17)30)9-2-10-32-22(31)13-3-1-8-24-12-13/h1,3-5,8,11-12,17H,2,6-7,9-10,23H2. The van der Waals surface area contributed by atoms with Gasteiger partial charge in [-0.3, -0.25) is 34.0 Å². The first kappa shape index (κ1) is 21.2. The summed E-state index contributed by atoms with van der Waals surface area (Å²) in [4.78, 5) is 68.6. The number of fused-ring (bicyclic) bond motifs is 1. The van der Waals surface area contributed by atoms with Gasteiger partial charge in [-0.05, 0) is 43.2 Å². The lowest BCUT2D eigenvalue weighted by Crippen LogP contribution is -2.56. The number of carbonyl (C=O) groups excluding carboxylic acids is 5. The molecule has 3 heterocycles. The number of imide groups is 2. The van der Waals surface area contributed by atoms with Crippen LogP contribution in [0, 0.1) is 0 Å². The van der Waals surface area contributed by atoms with Crippen LogP contribution in [0.25, 0.3) is 0 Å². The van der Waals surface area contributed by atoms with Crippen LogP contribution in [0.3, 0.4) is 0 Å². The molecule has 10 nitrogen and oxygen atoms in total. The lowest BCUT2D eigenvalue weighted by atomic mass is 10.0. The molecule has 1 atom stereocenters. The van der Waals surface area contributed by atoms with Gasteiger partial charge in [0.15, 0.2) is 0 Å². The maximum atomic E-state index is 13.0. The molecule has 0 aliphatic carbocycles. The second kappa shape index (κ2) is 8.58. The van der Waals surface area contributed by atoms with Crippen molar-refractivity contribution in [2.75, 3.05) is 18.9 Å². The van der Waals surface area contributed by atoms with Gasteiger partial charge in [-0.1, -0.05) is 0 Å². The maximum Gasteiger partial charge on any atom is 0.339 e. The number of hydrogen-bond donors (Lipinski definition) is 1. The highest BCUT2D eigenvalue weighted by atomic mass is 16.5. The lowest BCUT2D eigenvalue weighted by Gasteiger charge is -2.34. The molecule has 2 N–H and O–H groups in total. The molecule has 164 valence electrons. The fourth-order valence-corrected chi connectivity index (χ4v) is 3.81. The van der Waals surface area contributed by atoms with Crippen LogP contribution in [0.5, 0.6) is 0 Å². The summed E-state index contributed by atoms with van der Waals surface area (Å²) >= 11 is 0. The minimum absolute atomic E-state index is 0.00457. The number of aromatic nitrogens is 1. The fraction of sp³-hybridized carbons (Fsp3) is 0.273. The zero-order chi connectivity index (χ0) is 22.8. The Morgan fingerprint density at radius 1 is 1.12 bits per heavy atom. The van der Waals surface area contributed by atoms with Crippen molar-refractivity contribution in [1.29, 1.82) is 0 Å². The van der Waals surface area contributed by atoms with Gasteiger partial charge in [0.05, 0.1) is 23.3 Å². The van der Waals surface area contributed by atoms with E-state index in [1.54, 1.807) is 12.1 Å². The summed E-state index contributed by atoms with van der Waals surface area (Å²) in [5.41, 5.74) is 6.67. The van der Waals surface area contributed by atoms with Crippen molar-refractivity contribution in [3.8, 4) is 0 Å². The van der Waals surface area contributed by atoms with E-state index in [0.717, 1.165) is 9.80 Å². The van der Waals surface area contributed by atoms with Crippen molar-refractivity contribution in [1.82, 2.24) is 14.8 Å². The summed E-state index contributed by atoms with van der Waals surface area (Å²) in [6, 6.07) is 6.47. The smallest absolute Gasteiger partial charge is 0.339 e. The van der Waals surface area contributed by atoms with E-state index < -0.39 is 35.6 Å². The Labute approximate surface area is 182 Å². The minimum atomic E-state index is -1.07. The predicted molar refractivity (Wildman–Crippen MR) is 110 cm³/mol. The number of nitrogens with two attached hydrogens (primary N) is 1. The number of carbonyl (C=O) groups is 5. The molecule has 2 aliphatic heterocycles. The fourth-order valence-electron chi connectivity index (χ4n) is 3.81. The first-order valence-corrected chi connectivity index (χ1v) is 10.1. The highest BCUT2D eigenvalue weighted by molar-refractivity contribution is 6.23. The summed E-state index contributed by atoms with van der Waals surface area (Å²) in [5, 5.41) is 0. The third-order valence-corrected chi connectivity index (χ3v) is 5.39. The molecule has 4 rings (SSSR count). The molecule has 2 aromatic rings. The van der Waals surface area contributed by atoms with Crippen molar-refractivity contribution >= 4 is 35.3 Å².